The highest BCUT2D eigenvalue weighted by Gasteiger charge is 2.23. The SMILES string of the molecule is O=C(Cn1cnc2scc(-c3ccc(Br)cc3)c2c1=O)NC1CC1. The third kappa shape index (κ3) is 3.01. The van der Waals surface area contributed by atoms with Crippen molar-refractivity contribution in [2.24, 2.45) is 0 Å². The number of hydrogen-bond acceptors (Lipinski definition) is 4. The van der Waals surface area contributed by atoms with Crippen LogP contribution in [0.3, 0.4) is 0 Å². The summed E-state index contributed by atoms with van der Waals surface area (Å²) in [7, 11) is 0. The fourth-order valence-corrected chi connectivity index (χ4v) is 3.75. The fourth-order valence-electron chi connectivity index (χ4n) is 2.58. The summed E-state index contributed by atoms with van der Waals surface area (Å²) in [6, 6.07) is 8.09. The average Bonchev–Trinajstić information content (AvgIpc) is 3.26. The van der Waals surface area contributed by atoms with Gasteiger partial charge in [-0.1, -0.05) is 28.1 Å². The first-order chi connectivity index (χ1) is 11.6. The van der Waals surface area contributed by atoms with Gasteiger partial charge in [0.15, 0.2) is 0 Å². The van der Waals surface area contributed by atoms with Gasteiger partial charge in [0.2, 0.25) is 5.91 Å². The summed E-state index contributed by atoms with van der Waals surface area (Å²) in [5.41, 5.74) is 1.64. The molecule has 3 aromatic rings. The van der Waals surface area contributed by atoms with Gasteiger partial charge in [0.05, 0.1) is 11.7 Å². The quantitative estimate of drug-likeness (QED) is 0.727. The highest BCUT2D eigenvalue weighted by Crippen LogP contribution is 2.31. The molecule has 1 fully saturated rings. The first kappa shape index (κ1) is 15.5. The zero-order valence-corrected chi connectivity index (χ0v) is 15.1. The van der Waals surface area contributed by atoms with Crippen molar-refractivity contribution in [3.8, 4) is 11.1 Å². The molecule has 0 unspecified atom stereocenters. The Labute approximate surface area is 150 Å². The second-order valence-corrected chi connectivity index (χ2v) is 7.63. The first-order valence-electron chi connectivity index (χ1n) is 7.64. The maximum Gasteiger partial charge on any atom is 0.263 e. The molecule has 0 aliphatic heterocycles. The van der Waals surface area contributed by atoms with Crippen molar-refractivity contribution in [2.45, 2.75) is 25.4 Å². The minimum absolute atomic E-state index is 0.00784. The number of hydrogen-bond donors (Lipinski definition) is 1. The zero-order chi connectivity index (χ0) is 16.7. The number of carbonyl (C=O) groups excluding carboxylic acids is 1. The van der Waals surface area contributed by atoms with Crippen molar-refractivity contribution in [1.29, 1.82) is 0 Å². The molecule has 7 heteroatoms. The number of fused-ring (bicyclic) bond motifs is 1. The van der Waals surface area contributed by atoms with Crippen LogP contribution < -0.4 is 10.9 Å². The van der Waals surface area contributed by atoms with Crippen LogP contribution in [0.25, 0.3) is 21.3 Å². The van der Waals surface area contributed by atoms with E-state index in [1.165, 1.54) is 22.2 Å². The van der Waals surface area contributed by atoms with Crippen molar-refractivity contribution in [1.82, 2.24) is 14.9 Å². The third-order valence-corrected chi connectivity index (χ3v) is 5.39. The van der Waals surface area contributed by atoms with Crippen molar-refractivity contribution in [2.75, 3.05) is 0 Å². The van der Waals surface area contributed by atoms with Gasteiger partial charge in [0.25, 0.3) is 5.56 Å². The second-order valence-electron chi connectivity index (χ2n) is 5.86. The van der Waals surface area contributed by atoms with Crippen molar-refractivity contribution in [3.63, 3.8) is 0 Å². The lowest BCUT2D eigenvalue weighted by Crippen LogP contribution is -2.33. The molecule has 1 amide bonds. The molecular weight excluding hydrogens is 390 g/mol. The molecule has 1 aliphatic rings. The molecular formula is C17H14BrN3O2S. The van der Waals surface area contributed by atoms with Gasteiger partial charge in [-0.25, -0.2) is 4.98 Å². The summed E-state index contributed by atoms with van der Waals surface area (Å²) < 4.78 is 2.37. The Morgan fingerprint density at radius 3 is 2.79 bits per heavy atom. The van der Waals surface area contributed by atoms with Crippen molar-refractivity contribution >= 4 is 43.4 Å². The van der Waals surface area contributed by atoms with Gasteiger partial charge in [-0.3, -0.25) is 14.2 Å². The zero-order valence-electron chi connectivity index (χ0n) is 12.7. The highest BCUT2D eigenvalue weighted by atomic mass is 79.9. The molecule has 5 nitrogen and oxygen atoms in total. The van der Waals surface area contributed by atoms with E-state index in [4.69, 9.17) is 0 Å². The third-order valence-electron chi connectivity index (χ3n) is 3.97. The highest BCUT2D eigenvalue weighted by molar-refractivity contribution is 9.10. The average molecular weight is 404 g/mol. The second kappa shape index (κ2) is 6.14. The molecule has 122 valence electrons. The van der Waals surface area contributed by atoms with Gasteiger partial charge in [-0.05, 0) is 30.5 Å². The largest absolute Gasteiger partial charge is 0.352 e. The number of thiophene rings is 1. The van der Waals surface area contributed by atoms with Gasteiger partial charge in [0, 0.05) is 21.5 Å². The van der Waals surface area contributed by atoms with E-state index < -0.39 is 0 Å². The maximum absolute atomic E-state index is 12.8. The van der Waals surface area contributed by atoms with Crippen molar-refractivity contribution < 1.29 is 4.79 Å². The molecule has 0 radical (unpaired) electrons. The van der Waals surface area contributed by atoms with Crippen LogP contribution in [-0.2, 0) is 11.3 Å². The summed E-state index contributed by atoms with van der Waals surface area (Å²) in [6.45, 7) is 0.00784. The lowest BCUT2D eigenvalue weighted by molar-refractivity contribution is -0.121. The van der Waals surface area contributed by atoms with E-state index >= 15 is 0 Å². The van der Waals surface area contributed by atoms with E-state index in [0.717, 1.165) is 28.4 Å². The van der Waals surface area contributed by atoms with Crippen LogP contribution in [0.2, 0.25) is 0 Å². The molecule has 0 saturated heterocycles. The Morgan fingerprint density at radius 2 is 2.08 bits per heavy atom. The summed E-state index contributed by atoms with van der Waals surface area (Å²) in [6.07, 6.45) is 3.51. The summed E-state index contributed by atoms with van der Waals surface area (Å²) in [5, 5.41) is 5.41. The number of halogens is 1. The van der Waals surface area contributed by atoms with E-state index in [1.807, 2.05) is 29.6 Å². The summed E-state index contributed by atoms with van der Waals surface area (Å²) >= 11 is 4.85. The van der Waals surface area contributed by atoms with E-state index in [0.29, 0.717) is 10.2 Å². The minimum atomic E-state index is -0.176. The van der Waals surface area contributed by atoms with Crippen LogP contribution in [0, 0.1) is 0 Å². The van der Waals surface area contributed by atoms with Crippen LogP contribution in [-0.4, -0.2) is 21.5 Å². The normalized spacial score (nSPS) is 14.0. The Hall–Kier alpha value is -1.99. The summed E-state index contributed by atoms with van der Waals surface area (Å²) in [4.78, 5) is 29.8. The van der Waals surface area contributed by atoms with Crippen molar-refractivity contribution in [3.05, 3.63) is 50.8 Å². The predicted molar refractivity (Wildman–Crippen MR) is 98.2 cm³/mol. The van der Waals surface area contributed by atoms with Crippen LogP contribution in [0.15, 0.2) is 45.2 Å². The van der Waals surface area contributed by atoms with Gasteiger partial charge >= 0.3 is 0 Å². The number of rotatable bonds is 4. The van der Waals surface area contributed by atoms with Crippen LogP contribution >= 0.6 is 27.3 Å². The molecule has 2 aromatic heterocycles. The Bertz CT molecular complexity index is 974. The predicted octanol–water partition coefficient (Wildman–Crippen LogP) is 3.17. The number of benzene rings is 1. The Kier molecular flexibility index (Phi) is 3.97. The number of nitrogens with zero attached hydrogens (tertiary/aromatic N) is 2. The maximum atomic E-state index is 12.8. The Balaban J connectivity index is 1.74. The molecule has 1 saturated carbocycles. The van der Waals surface area contributed by atoms with Crippen LogP contribution in [0.1, 0.15) is 12.8 Å². The monoisotopic (exact) mass is 403 g/mol. The lowest BCUT2D eigenvalue weighted by Gasteiger charge is -2.07. The topological polar surface area (TPSA) is 64.0 Å². The number of amides is 1. The molecule has 24 heavy (non-hydrogen) atoms. The number of carbonyl (C=O) groups is 1. The van der Waals surface area contributed by atoms with Gasteiger partial charge in [0.1, 0.15) is 11.4 Å². The molecule has 4 rings (SSSR count). The first-order valence-corrected chi connectivity index (χ1v) is 9.31. The van der Waals surface area contributed by atoms with E-state index in [1.54, 1.807) is 0 Å². The number of nitrogens with one attached hydrogen (secondary N) is 1. The molecule has 1 N–H and O–H groups in total. The summed E-state index contributed by atoms with van der Waals surface area (Å²) in [5.74, 6) is -0.138. The smallest absolute Gasteiger partial charge is 0.263 e. The van der Waals surface area contributed by atoms with E-state index in [-0.39, 0.29) is 24.1 Å². The van der Waals surface area contributed by atoms with Crippen LogP contribution in [0.4, 0.5) is 0 Å². The standard InChI is InChI=1S/C17H14BrN3O2S/c18-11-3-1-10(2-4-11)13-8-24-16-15(13)17(23)21(9-19-16)7-14(22)20-12-5-6-12/h1-4,8-9,12H,5-7H2,(H,20,22). The van der Waals surface area contributed by atoms with Gasteiger partial charge in [-0.15, -0.1) is 11.3 Å². The van der Waals surface area contributed by atoms with E-state index in [2.05, 4.69) is 26.2 Å². The molecule has 0 spiro atoms. The van der Waals surface area contributed by atoms with E-state index in [9.17, 15) is 9.59 Å². The van der Waals surface area contributed by atoms with Gasteiger partial charge in [-0.2, -0.15) is 0 Å². The number of aromatic nitrogens is 2. The molecule has 0 bridgehead atoms. The van der Waals surface area contributed by atoms with Gasteiger partial charge < -0.3 is 5.32 Å². The lowest BCUT2D eigenvalue weighted by atomic mass is 10.1. The molecule has 1 aromatic carbocycles. The molecule has 2 heterocycles. The fraction of sp³-hybridized carbons (Fsp3) is 0.235. The molecule has 0 atom stereocenters. The Morgan fingerprint density at radius 1 is 1.33 bits per heavy atom. The minimum Gasteiger partial charge on any atom is -0.352 e. The molecule has 1 aliphatic carbocycles. The van der Waals surface area contributed by atoms with Crippen LogP contribution in [0.5, 0.6) is 0 Å².